The van der Waals surface area contributed by atoms with Crippen molar-refractivity contribution in [1.29, 1.82) is 0 Å². The van der Waals surface area contributed by atoms with Crippen LogP contribution in [0.4, 0.5) is 5.69 Å². The summed E-state index contributed by atoms with van der Waals surface area (Å²) < 4.78 is 16.9. The average Bonchev–Trinajstić information content (AvgIpc) is 2.83. The minimum atomic E-state index is -0.189. The number of ether oxygens (including phenoxy) is 3. The Morgan fingerprint density at radius 3 is 2.06 bits per heavy atom. The van der Waals surface area contributed by atoms with Gasteiger partial charge in [-0.1, -0.05) is 48.5 Å². The van der Waals surface area contributed by atoms with Crippen LogP contribution in [0.1, 0.15) is 22.3 Å². The second-order valence-electron chi connectivity index (χ2n) is 6.89. The molecule has 0 aliphatic carbocycles. The molecule has 0 saturated heterocycles. The number of nitrogens with one attached hydrogen (secondary N) is 2. The molecule has 0 radical (unpaired) electrons. The highest BCUT2D eigenvalue weighted by molar-refractivity contribution is 5.95. The van der Waals surface area contributed by atoms with Crippen LogP contribution in [0.15, 0.2) is 72.8 Å². The molecular formula is C25H28N2O4. The fourth-order valence-corrected chi connectivity index (χ4v) is 3.06. The third kappa shape index (κ3) is 6.40. The molecule has 0 aliphatic rings. The molecule has 0 spiro atoms. The fraction of sp³-hybridized carbons (Fsp3) is 0.240. The van der Waals surface area contributed by atoms with Crippen LogP contribution in [0.5, 0.6) is 17.2 Å². The summed E-state index contributed by atoms with van der Waals surface area (Å²) in [5.74, 6) is 1.18. The Bertz CT molecular complexity index is 937. The van der Waals surface area contributed by atoms with Gasteiger partial charge in [0, 0.05) is 24.3 Å². The summed E-state index contributed by atoms with van der Waals surface area (Å²) in [6.07, 6.45) is 0.799. The lowest BCUT2D eigenvalue weighted by atomic mass is 10.1. The Balaban J connectivity index is 1.58. The van der Waals surface area contributed by atoms with Gasteiger partial charge in [0.2, 0.25) is 5.75 Å². The molecule has 0 aliphatic heterocycles. The fourth-order valence-electron chi connectivity index (χ4n) is 3.06. The molecule has 0 fully saturated rings. The molecule has 1 amide bonds. The molecule has 162 valence electrons. The lowest BCUT2D eigenvalue weighted by molar-refractivity contribution is 0.0952. The highest BCUT2D eigenvalue weighted by atomic mass is 16.5. The molecule has 3 rings (SSSR count). The molecule has 0 saturated carbocycles. The zero-order valence-corrected chi connectivity index (χ0v) is 17.9. The second kappa shape index (κ2) is 11.5. The number of methoxy groups -OCH3 is 2. The predicted octanol–water partition coefficient (Wildman–Crippen LogP) is 4.51. The smallest absolute Gasteiger partial charge is 0.251 e. The molecule has 0 heterocycles. The van der Waals surface area contributed by atoms with E-state index in [-0.39, 0.29) is 5.91 Å². The van der Waals surface area contributed by atoms with Gasteiger partial charge < -0.3 is 24.8 Å². The van der Waals surface area contributed by atoms with Crippen LogP contribution in [0.3, 0.4) is 0 Å². The second-order valence-corrected chi connectivity index (χ2v) is 6.89. The first-order valence-corrected chi connectivity index (χ1v) is 10.2. The first-order valence-electron chi connectivity index (χ1n) is 10.2. The van der Waals surface area contributed by atoms with Gasteiger partial charge in [0.05, 0.1) is 14.2 Å². The largest absolute Gasteiger partial charge is 0.493 e. The quantitative estimate of drug-likeness (QED) is 0.447. The Hall–Kier alpha value is -3.67. The zero-order chi connectivity index (χ0) is 21.9. The van der Waals surface area contributed by atoms with E-state index in [1.807, 2.05) is 60.7 Å². The lowest BCUT2D eigenvalue weighted by Crippen LogP contribution is -2.26. The molecule has 3 aromatic rings. The molecule has 0 bridgehead atoms. The topological polar surface area (TPSA) is 68.8 Å². The van der Waals surface area contributed by atoms with Gasteiger partial charge in [0.1, 0.15) is 6.61 Å². The van der Waals surface area contributed by atoms with Crippen molar-refractivity contribution in [2.24, 2.45) is 0 Å². The number of amides is 1. The molecule has 31 heavy (non-hydrogen) atoms. The van der Waals surface area contributed by atoms with E-state index in [0.717, 1.165) is 24.2 Å². The summed E-state index contributed by atoms with van der Waals surface area (Å²) in [6.45, 7) is 1.69. The van der Waals surface area contributed by atoms with E-state index in [1.54, 1.807) is 26.4 Å². The maximum Gasteiger partial charge on any atom is 0.251 e. The van der Waals surface area contributed by atoms with Gasteiger partial charge >= 0.3 is 0 Å². The molecular weight excluding hydrogens is 392 g/mol. The number of para-hydroxylation sites is 1. The van der Waals surface area contributed by atoms with Crippen molar-refractivity contribution in [2.75, 3.05) is 32.6 Å². The van der Waals surface area contributed by atoms with Gasteiger partial charge in [0.15, 0.2) is 11.5 Å². The molecule has 3 aromatic carbocycles. The van der Waals surface area contributed by atoms with Crippen molar-refractivity contribution < 1.29 is 19.0 Å². The molecule has 0 unspecified atom stereocenters. The van der Waals surface area contributed by atoms with Gasteiger partial charge in [-0.2, -0.15) is 0 Å². The molecule has 6 heteroatoms. The Labute approximate surface area is 183 Å². The number of hydrogen-bond acceptors (Lipinski definition) is 5. The highest BCUT2D eigenvalue weighted by Gasteiger charge is 2.17. The number of carbonyl (C=O) groups excluding carboxylic acids is 1. The summed E-state index contributed by atoms with van der Waals surface area (Å²) in [6, 6.07) is 23.1. The van der Waals surface area contributed by atoms with Crippen molar-refractivity contribution in [3.05, 3.63) is 83.9 Å². The summed E-state index contributed by atoms with van der Waals surface area (Å²) in [4.78, 5) is 12.6. The van der Waals surface area contributed by atoms with Crippen LogP contribution >= 0.6 is 0 Å². The van der Waals surface area contributed by atoms with Gasteiger partial charge in [-0.3, -0.25) is 4.79 Å². The minimum absolute atomic E-state index is 0.189. The third-order valence-corrected chi connectivity index (χ3v) is 4.69. The van der Waals surface area contributed by atoms with Crippen molar-refractivity contribution in [3.63, 3.8) is 0 Å². The van der Waals surface area contributed by atoms with E-state index in [0.29, 0.717) is 36.0 Å². The molecule has 6 nitrogen and oxygen atoms in total. The van der Waals surface area contributed by atoms with E-state index >= 15 is 0 Å². The van der Waals surface area contributed by atoms with Gasteiger partial charge in [-0.15, -0.1) is 0 Å². The van der Waals surface area contributed by atoms with Crippen LogP contribution in [-0.2, 0) is 6.61 Å². The highest BCUT2D eigenvalue weighted by Crippen LogP contribution is 2.39. The summed E-state index contributed by atoms with van der Waals surface area (Å²) in [7, 11) is 3.09. The van der Waals surface area contributed by atoms with E-state index in [4.69, 9.17) is 14.2 Å². The van der Waals surface area contributed by atoms with Crippen LogP contribution in [0.25, 0.3) is 0 Å². The molecule has 0 aromatic heterocycles. The van der Waals surface area contributed by atoms with Crippen molar-refractivity contribution in [3.8, 4) is 17.2 Å². The number of rotatable bonds is 11. The van der Waals surface area contributed by atoms with Crippen LogP contribution < -0.4 is 24.8 Å². The van der Waals surface area contributed by atoms with Crippen LogP contribution in [-0.4, -0.2) is 33.2 Å². The summed E-state index contributed by atoms with van der Waals surface area (Å²) in [5.41, 5.74) is 2.55. The minimum Gasteiger partial charge on any atom is -0.493 e. The molecule has 2 N–H and O–H groups in total. The van der Waals surface area contributed by atoms with Crippen molar-refractivity contribution in [1.82, 2.24) is 5.32 Å². The predicted molar refractivity (Wildman–Crippen MR) is 122 cm³/mol. The van der Waals surface area contributed by atoms with Crippen LogP contribution in [0.2, 0.25) is 0 Å². The number of benzene rings is 3. The zero-order valence-electron chi connectivity index (χ0n) is 17.9. The maximum atomic E-state index is 12.6. The van der Waals surface area contributed by atoms with E-state index in [9.17, 15) is 4.79 Å². The normalized spacial score (nSPS) is 10.3. The maximum absolute atomic E-state index is 12.6. The lowest BCUT2D eigenvalue weighted by Gasteiger charge is -2.16. The van der Waals surface area contributed by atoms with Gasteiger partial charge in [-0.05, 0) is 36.2 Å². The standard InChI is InChI=1S/C25H28N2O4/c1-29-22-16-20(25(28)27-15-9-14-26-21-12-7-4-8-13-21)17-23(30-2)24(22)31-18-19-10-5-3-6-11-19/h3-8,10-13,16-17,26H,9,14-15,18H2,1-2H3,(H,27,28). The first kappa shape index (κ1) is 22.0. The SMILES string of the molecule is COc1cc(C(=O)NCCCNc2ccccc2)cc(OC)c1OCc1ccccc1. The van der Waals surface area contributed by atoms with E-state index < -0.39 is 0 Å². The Kier molecular flexibility index (Phi) is 8.17. The van der Waals surface area contributed by atoms with Crippen LogP contribution in [0, 0.1) is 0 Å². The average molecular weight is 421 g/mol. The van der Waals surface area contributed by atoms with Gasteiger partial charge in [0.25, 0.3) is 5.91 Å². The first-order chi connectivity index (χ1) is 15.2. The number of anilines is 1. The van der Waals surface area contributed by atoms with Gasteiger partial charge in [-0.25, -0.2) is 0 Å². The summed E-state index contributed by atoms with van der Waals surface area (Å²) >= 11 is 0. The Morgan fingerprint density at radius 2 is 1.45 bits per heavy atom. The Morgan fingerprint density at radius 1 is 0.839 bits per heavy atom. The summed E-state index contributed by atoms with van der Waals surface area (Å²) in [5, 5.41) is 6.26. The van der Waals surface area contributed by atoms with Crippen molar-refractivity contribution in [2.45, 2.75) is 13.0 Å². The number of carbonyl (C=O) groups is 1. The van der Waals surface area contributed by atoms with E-state index in [1.165, 1.54) is 0 Å². The van der Waals surface area contributed by atoms with Crippen molar-refractivity contribution >= 4 is 11.6 Å². The molecule has 0 atom stereocenters. The monoisotopic (exact) mass is 420 g/mol. The number of hydrogen-bond donors (Lipinski definition) is 2. The third-order valence-electron chi connectivity index (χ3n) is 4.69. The van der Waals surface area contributed by atoms with E-state index in [2.05, 4.69) is 10.6 Å².